The molecule has 0 saturated carbocycles. The first-order chi connectivity index (χ1) is 9.40. The van der Waals surface area contributed by atoms with Crippen molar-refractivity contribution in [1.82, 2.24) is 19.2 Å². The van der Waals surface area contributed by atoms with Crippen molar-refractivity contribution in [1.29, 1.82) is 0 Å². The van der Waals surface area contributed by atoms with Gasteiger partial charge in [0, 0.05) is 12.6 Å². The smallest absolute Gasteiger partial charge is 0.251 e. The van der Waals surface area contributed by atoms with Crippen molar-refractivity contribution in [2.75, 3.05) is 6.54 Å². The highest BCUT2D eigenvalue weighted by Crippen LogP contribution is 2.09. The van der Waals surface area contributed by atoms with Crippen LogP contribution >= 0.6 is 12.2 Å². The molecular weight excluding hydrogens is 286 g/mol. The van der Waals surface area contributed by atoms with E-state index in [2.05, 4.69) is 5.10 Å². The summed E-state index contributed by atoms with van der Waals surface area (Å²) in [5, 5.41) is 13.5. The fourth-order valence-electron chi connectivity index (χ4n) is 1.92. The summed E-state index contributed by atoms with van der Waals surface area (Å²) in [6.07, 6.45) is -1.54. The minimum absolute atomic E-state index is 0.0419. The van der Waals surface area contributed by atoms with Gasteiger partial charge >= 0.3 is 0 Å². The molecule has 0 radical (unpaired) electrons. The third-order valence-electron chi connectivity index (χ3n) is 3.01. The summed E-state index contributed by atoms with van der Waals surface area (Å²) >= 11 is 5.30. The molecule has 0 saturated heterocycles. The summed E-state index contributed by atoms with van der Waals surface area (Å²) in [6, 6.07) is -0.0419. The number of halogens is 2. The Morgan fingerprint density at radius 2 is 2.05 bits per heavy atom. The Labute approximate surface area is 122 Å². The lowest BCUT2D eigenvalue weighted by atomic mass is 10.3. The Balaban J connectivity index is 2.98. The van der Waals surface area contributed by atoms with Gasteiger partial charge in [-0.15, -0.1) is 0 Å². The maximum absolute atomic E-state index is 12.6. The van der Waals surface area contributed by atoms with E-state index in [4.69, 9.17) is 12.2 Å². The van der Waals surface area contributed by atoms with Crippen LogP contribution < -0.4 is 0 Å². The molecule has 0 atom stereocenters. The maximum atomic E-state index is 12.6. The third kappa shape index (κ3) is 4.32. The van der Waals surface area contributed by atoms with Crippen LogP contribution in [0, 0.1) is 4.77 Å². The molecule has 0 amide bonds. The molecule has 1 aromatic rings. The van der Waals surface area contributed by atoms with Crippen molar-refractivity contribution < 1.29 is 13.9 Å². The standard InChI is InChI=1S/C12H22F2N4OS/c1-4-5-17-11(7-19)15-18(12(17)20)8-16(9(2)3)6-10(13)14/h9-10,19H,4-8H2,1-3H3. The van der Waals surface area contributed by atoms with E-state index < -0.39 is 6.43 Å². The largest absolute Gasteiger partial charge is 0.388 e. The molecule has 0 bridgehead atoms. The van der Waals surface area contributed by atoms with Crippen molar-refractivity contribution >= 4 is 12.2 Å². The maximum Gasteiger partial charge on any atom is 0.251 e. The van der Waals surface area contributed by atoms with E-state index in [9.17, 15) is 13.9 Å². The van der Waals surface area contributed by atoms with Gasteiger partial charge in [-0.3, -0.25) is 4.90 Å². The van der Waals surface area contributed by atoms with Crippen molar-refractivity contribution in [3.8, 4) is 0 Å². The van der Waals surface area contributed by atoms with E-state index in [1.165, 1.54) is 4.68 Å². The van der Waals surface area contributed by atoms with Crippen molar-refractivity contribution in [2.45, 2.75) is 59.5 Å². The molecule has 0 fully saturated rings. The normalized spacial score (nSPS) is 12.1. The average molecular weight is 308 g/mol. The van der Waals surface area contributed by atoms with E-state index in [1.54, 1.807) is 9.47 Å². The highest BCUT2D eigenvalue weighted by Gasteiger charge is 2.18. The summed E-state index contributed by atoms with van der Waals surface area (Å²) < 4.78 is 28.9. The van der Waals surface area contributed by atoms with Gasteiger partial charge in [0.05, 0.1) is 13.2 Å². The second-order valence-corrected chi connectivity index (χ2v) is 5.27. The van der Waals surface area contributed by atoms with Crippen molar-refractivity contribution in [3.63, 3.8) is 0 Å². The highest BCUT2D eigenvalue weighted by atomic mass is 32.1. The molecule has 1 aromatic heterocycles. The monoisotopic (exact) mass is 308 g/mol. The topological polar surface area (TPSA) is 46.2 Å². The van der Waals surface area contributed by atoms with Gasteiger partial charge in [-0.05, 0) is 32.5 Å². The zero-order valence-corrected chi connectivity index (χ0v) is 12.9. The highest BCUT2D eigenvalue weighted by molar-refractivity contribution is 7.71. The second-order valence-electron chi connectivity index (χ2n) is 4.91. The predicted molar refractivity (Wildman–Crippen MR) is 75.1 cm³/mol. The molecule has 0 spiro atoms. The van der Waals surface area contributed by atoms with E-state index in [1.807, 2.05) is 20.8 Å². The fourth-order valence-corrected chi connectivity index (χ4v) is 2.22. The lowest BCUT2D eigenvalue weighted by molar-refractivity contribution is 0.0519. The van der Waals surface area contributed by atoms with Gasteiger partial charge in [0.25, 0.3) is 6.43 Å². The van der Waals surface area contributed by atoms with Gasteiger partial charge in [0.1, 0.15) is 6.61 Å². The predicted octanol–water partition coefficient (Wildman–Crippen LogP) is 2.25. The number of aromatic nitrogens is 3. The van der Waals surface area contributed by atoms with Crippen LogP contribution in [-0.4, -0.2) is 43.4 Å². The number of alkyl halides is 2. The van der Waals surface area contributed by atoms with Crippen LogP contribution in [0.4, 0.5) is 8.78 Å². The summed E-state index contributed by atoms with van der Waals surface area (Å²) in [4.78, 5) is 1.60. The zero-order chi connectivity index (χ0) is 15.3. The van der Waals surface area contributed by atoms with Crippen LogP contribution in [0.2, 0.25) is 0 Å². The third-order valence-corrected chi connectivity index (χ3v) is 3.44. The summed E-state index contributed by atoms with van der Waals surface area (Å²) in [5.41, 5.74) is 0. The minimum Gasteiger partial charge on any atom is -0.388 e. The van der Waals surface area contributed by atoms with Gasteiger partial charge in [0.15, 0.2) is 10.6 Å². The quantitative estimate of drug-likeness (QED) is 0.748. The Morgan fingerprint density at radius 3 is 2.50 bits per heavy atom. The van der Waals surface area contributed by atoms with Crippen LogP contribution in [0.5, 0.6) is 0 Å². The average Bonchev–Trinajstić information content (AvgIpc) is 2.66. The first-order valence-corrected chi connectivity index (χ1v) is 7.11. The number of aliphatic hydroxyl groups is 1. The SMILES string of the molecule is CCCn1c(CO)nn(CN(CC(F)F)C(C)C)c1=S. The summed E-state index contributed by atoms with van der Waals surface area (Å²) in [6.45, 7) is 6.01. The van der Waals surface area contributed by atoms with Crippen LogP contribution in [0.1, 0.15) is 33.0 Å². The van der Waals surface area contributed by atoms with E-state index in [0.29, 0.717) is 17.1 Å². The second kappa shape index (κ2) is 7.80. The number of hydrogen-bond acceptors (Lipinski definition) is 4. The molecule has 116 valence electrons. The lowest BCUT2D eigenvalue weighted by Gasteiger charge is -2.25. The van der Waals surface area contributed by atoms with E-state index in [0.717, 1.165) is 6.42 Å². The molecular formula is C12H22F2N4OS. The first kappa shape index (κ1) is 17.2. The van der Waals surface area contributed by atoms with Gasteiger partial charge in [-0.2, -0.15) is 5.10 Å². The number of hydrogen-bond donors (Lipinski definition) is 1. The van der Waals surface area contributed by atoms with Crippen molar-refractivity contribution in [2.24, 2.45) is 0 Å². The molecule has 20 heavy (non-hydrogen) atoms. The number of nitrogens with zero attached hydrogens (tertiary/aromatic N) is 4. The Kier molecular flexibility index (Phi) is 6.70. The lowest BCUT2D eigenvalue weighted by Crippen LogP contribution is -2.37. The Morgan fingerprint density at radius 1 is 1.40 bits per heavy atom. The van der Waals surface area contributed by atoms with Gasteiger partial charge in [-0.1, -0.05) is 6.92 Å². The zero-order valence-electron chi connectivity index (χ0n) is 12.1. The van der Waals surface area contributed by atoms with Crippen LogP contribution in [0.25, 0.3) is 0 Å². The van der Waals surface area contributed by atoms with Crippen LogP contribution in [0.15, 0.2) is 0 Å². The molecule has 0 unspecified atom stereocenters. The number of rotatable bonds is 8. The van der Waals surface area contributed by atoms with Crippen LogP contribution in [0.3, 0.4) is 0 Å². The molecule has 1 heterocycles. The molecule has 1 N–H and O–H groups in total. The van der Waals surface area contributed by atoms with Gasteiger partial charge in [0.2, 0.25) is 0 Å². The fraction of sp³-hybridized carbons (Fsp3) is 0.833. The molecule has 0 aliphatic carbocycles. The molecule has 0 aromatic carbocycles. The summed E-state index contributed by atoms with van der Waals surface area (Å²) in [5.74, 6) is 0.470. The Hall–Kier alpha value is -0.860. The first-order valence-electron chi connectivity index (χ1n) is 6.70. The van der Waals surface area contributed by atoms with Crippen molar-refractivity contribution in [3.05, 3.63) is 10.6 Å². The van der Waals surface area contributed by atoms with E-state index in [-0.39, 0.29) is 25.9 Å². The molecule has 1 rings (SSSR count). The molecule has 8 heteroatoms. The van der Waals surface area contributed by atoms with E-state index >= 15 is 0 Å². The van der Waals surface area contributed by atoms with Gasteiger partial charge < -0.3 is 9.67 Å². The number of aliphatic hydroxyl groups excluding tert-OH is 1. The molecule has 5 nitrogen and oxygen atoms in total. The molecule has 0 aliphatic heterocycles. The van der Waals surface area contributed by atoms with Crippen LogP contribution in [-0.2, 0) is 19.8 Å². The minimum atomic E-state index is -2.40. The Bertz CT molecular complexity index is 473. The molecule has 0 aliphatic rings. The van der Waals surface area contributed by atoms with Gasteiger partial charge in [-0.25, -0.2) is 13.5 Å². The summed E-state index contributed by atoms with van der Waals surface area (Å²) in [7, 11) is 0.